The number of amides is 1. The summed E-state index contributed by atoms with van der Waals surface area (Å²) in [6.45, 7) is 7.33. The summed E-state index contributed by atoms with van der Waals surface area (Å²) < 4.78 is 6.73. The fourth-order valence-corrected chi connectivity index (χ4v) is 4.64. The Kier molecular flexibility index (Phi) is 4.00. The van der Waals surface area contributed by atoms with Crippen LogP contribution < -0.4 is 0 Å². The third-order valence-electron chi connectivity index (χ3n) is 4.88. The zero-order valence-corrected chi connectivity index (χ0v) is 15.2. The van der Waals surface area contributed by atoms with Crippen LogP contribution in [-0.2, 0) is 16.6 Å². The Balaban J connectivity index is 1.72. The summed E-state index contributed by atoms with van der Waals surface area (Å²) in [5.74, 6) is 0. The van der Waals surface area contributed by atoms with Gasteiger partial charge in [0.1, 0.15) is 5.60 Å². The number of likely N-dealkylation sites (tertiary alicyclic amines) is 1. The molecule has 4 heteroatoms. The molecule has 0 radical (unpaired) electrons. The summed E-state index contributed by atoms with van der Waals surface area (Å²) in [6, 6.07) is 6.51. The van der Waals surface area contributed by atoms with Crippen molar-refractivity contribution < 1.29 is 9.53 Å². The predicted octanol–water partition coefficient (Wildman–Crippen LogP) is 4.66. The molecule has 1 heterocycles. The lowest BCUT2D eigenvalue weighted by atomic mass is 9.74. The highest BCUT2D eigenvalue weighted by molar-refractivity contribution is 9.10. The van der Waals surface area contributed by atoms with E-state index in [2.05, 4.69) is 34.1 Å². The number of nitrogens with zero attached hydrogens (tertiary/aromatic N) is 1. The number of rotatable bonds is 0. The lowest BCUT2D eigenvalue weighted by molar-refractivity contribution is 0.0163. The van der Waals surface area contributed by atoms with Crippen LogP contribution in [0.2, 0.25) is 0 Å². The van der Waals surface area contributed by atoms with Gasteiger partial charge in [-0.2, -0.15) is 0 Å². The Morgan fingerprint density at radius 3 is 2.55 bits per heavy atom. The average molecular weight is 366 g/mol. The first-order valence-electron chi connectivity index (χ1n) is 8.07. The smallest absolute Gasteiger partial charge is 0.410 e. The Morgan fingerprint density at radius 2 is 1.91 bits per heavy atom. The second-order valence-corrected chi connectivity index (χ2v) is 8.38. The SMILES string of the molecule is CC(C)(C)OC(=O)N1CCC2(CCc3cccc(Br)c32)CC1. The van der Waals surface area contributed by atoms with Crippen molar-refractivity contribution in [2.24, 2.45) is 0 Å². The molecule has 0 bridgehead atoms. The second-order valence-electron chi connectivity index (χ2n) is 7.52. The van der Waals surface area contributed by atoms with Gasteiger partial charge in [-0.3, -0.25) is 0 Å². The highest BCUT2D eigenvalue weighted by Gasteiger charge is 2.43. The number of halogens is 1. The average Bonchev–Trinajstić information content (AvgIpc) is 2.78. The third-order valence-corrected chi connectivity index (χ3v) is 5.54. The molecule has 0 N–H and O–H groups in total. The lowest BCUT2D eigenvalue weighted by Crippen LogP contribution is -2.46. The van der Waals surface area contributed by atoms with Gasteiger partial charge in [0.15, 0.2) is 0 Å². The van der Waals surface area contributed by atoms with Gasteiger partial charge in [0.2, 0.25) is 0 Å². The predicted molar refractivity (Wildman–Crippen MR) is 91.2 cm³/mol. The molecule has 120 valence electrons. The van der Waals surface area contributed by atoms with Crippen molar-refractivity contribution in [3.05, 3.63) is 33.8 Å². The van der Waals surface area contributed by atoms with E-state index >= 15 is 0 Å². The molecule has 3 rings (SSSR count). The van der Waals surface area contributed by atoms with Gasteiger partial charge in [-0.05, 0) is 63.6 Å². The molecule has 0 saturated carbocycles. The van der Waals surface area contributed by atoms with Crippen molar-refractivity contribution in [2.45, 2.75) is 57.5 Å². The van der Waals surface area contributed by atoms with Crippen LogP contribution in [0, 0.1) is 0 Å². The van der Waals surface area contributed by atoms with E-state index in [1.807, 2.05) is 25.7 Å². The lowest BCUT2D eigenvalue weighted by Gasteiger charge is -2.40. The van der Waals surface area contributed by atoms with Crippen LogP contribution in [0.25, 0.3) is 0 Å². The number of piperidine rings is 1. The highest BCUT2D eigenvalue weighted by atomic mass is 79.9. The van der Waals surface area contributed by atoms with Gasteiger partial charge in [-0.25, -0.2) is 4.79 Å². The second kappa shape index (κ2) is 5.55. The van der Waals surface area contributed by atoms with Crippen molar-refractivity contribution in [1.82, 2.24) is 4.90 Å². The minimum atomic E-state index is -0.421. The van der Waals surface area contributed by atoms with Gasteiger partial charge in [-0.15, -0.1) is 0 Å². The molecule has 1 saturated heterocycles. The molecule has 0 unspecified atom stereocenters. The minimum Gasteiger partial charge on any atom is -0.444 e. The molecule has 0 atom stereocenters. The highest BCUT2D eigenvalue weighted by Crippen LogP contribution is 2.49. The van der Waals surface area contributed by atoms with E-state index in [4.69, 9.17) is 4.74 Å². The molecular formula is C18H24BrNO2. The quantitative estimate of drug-likeness (QED) is 0.668. The fourth-order valence-electron chi connectivity index (χ4n) is 3.81. The van der Waals surface area contributed by atoms with E-state index < -0.39 is 5.60 Å². The Bertz CT molecular complexity index is 583. The van der Waals surface area contributed by atoms with Crippen LogP contribution in [-0.4, -0.2) is 29.7 Å². The van der Waals surface area contributed by atoms with Gasteiger partial charge in [-0.1, -0.05) is 28.1 Å². The molecule has 1 spiro atoms. The summed E-state index contributed by atoms with van der Waals surface area (Å²) in [5, 5.41) is 0. The van der Waals surface area contributed by atoms with Gasteiger partial charge < -0.3 is 9.64 Å². The fraction of sp³-hybridized carbons (Fsp3) is 0.611. The van der Waals surface area contributed by atoms with E-state index in [1.54, 1.807) is 0 Å². The van der Waals surface area contributed by atoms with Crippen LogP contribution in [0.15, 0.2) is 22.7 Å². The molecule has 1 aromatic rings. The summed E-state index contributed by atoms with van der Waals surface area (Å²) in [6.07, 6.45) is 4.24. The maximum atomic E-state index is 12.2. The summed E-state index contributed by atoms with van der Waals surface area (Å²) in [4.78, 5) is 14.1. The van der Waals surface area contributed by atoms with E-state index in [-0.39, 0.29) is 11.5 Å². The van der Waals surface area contributed by atoms with Gasteiger partial charge in [0.05, 0.1) is 0 Å². The first-order chi connectivity index (χ1) is 10.3. The number of hydrogen-bond acceptors (Lipinski definition) is 2. The van der Waals surface area contributed by atoms with E-state index in [1.165, 1.54) is 22.0 Å². The molecule has 1 amide bonds. The molecule has 1 aliphatic heterocycles. The Morgan fingerprint density at radius 1 is 1.23 bits per heavy atom. The zero-order valence-electron chi connectivity index (χ0n) is 13.6. The van der Waals surface area contributed by atoms with Crippen molar-refractivity contribution in [1.29, 1.82) is 0 Å². The van der Waals surface area contributed by atoms with E-state index in [0.29, 0.717) is 0 Å². The van der Waals surface area contributed by atoms with E-state index in [0.717, 1.165) is 32.4 Å². The first kappa shape index (κ1) is 15.9. The Hall–Kier alpha value is -1.03. The molecular weight excluding hydrogens is 342 g/mol. The van der Waals surface area contributed by atoms with Crippen molar-refractivity contribution in [2.75, 3.05) is 13.1 Å². The molecule has 1 fully saturated rings. The molecule has 1 aliphatic carbocycles. The van der Waals surface area contributed by atoms with Crippen LogP contribution in [0.4, 0.5) is 4.79 Å². The molecule has 0 aromatic heterocycles. The van der Waals surface area contributed by atoms with Crippen LogP contribution in [0.3, 0.4) is 0 Å². The number of fused-ring (bicyclic) bond motifs is 2. The first-order valence-corrected chi connectivity index (χ1v) is 8.86. The third kappa shape index (κ3) is 2.90. The maximum Gasteiger partial charge on any atom is 0.410 e. The monoisotopic (exact) mass is 365 g/mol. The normalized spacial score (nSPS) is 20.1. The topological polar surface area (TPSA) is 29.5 Å². The number of aryl methyl sites for hydroxylation is 1. The van der Waals surface area contributed by atoms with Gasteiger partial charge >= 0.3 is 6.09 Å². The molecule has 2 aliphatic rings. The maximum absolute atomic E-state index is 12.2. The van der Waals surface area contributed by atoms with Crippen LogP contribution >= 0.6 is 15.9 Å². The minimum absolute atomic E-state index is 0.173. The van der Waals surface area contributed by atoms with Gasteiger partial charge in [0, 0.05) is 23.0 Å². The summed E-state index contributed by atoms with van der Waals surface area (Å²) in [7, 11) is 0. The number of hydrogen-bond donors (Lipinski definition) is 0. The van der Waals surface area contributed by atoms with Crippen molar-refractivity contribution in [3.8, 4) is 0 Å². The number of benzene rings is 1. The molecule has 1 aromatic carbocycles. The van der Waals surface area contributed by atoms with Crippen LogP contribution in [0.1, 0.15) is 51.2 Å². The molecule has 3 nitrogen and oxygen atoms in total. The standard InChI is InChI=1S/C18H24BrNO2/c1-17(2,3)22-16(21)20-11-9-18(10-12-20)8-7-13-5-4-6-14(19)15(13)18/h4-6H,7-12H2,1-3H3. The summed E-state index contributed by atoms with van der Waals surface area (Å²) in [5.41, 5.74) is 2.78. The van der Waals surface area contributed by atoms with Crippen molar-refractivity contribution in [3.63, 3.8) is 0 Å². The number of carbonyl (C=O) groups excluding carboxylic acids is 1. The Labute approximate surface area is 141 Å². The molecule has 22 heavy (non-hydrogen) atoms. The summed E-state index contributed by atoms with van der Waals surface area (Å²) >= 11 is 3.74. The van der Waals surface area contributed by atoms with Crippen LogP contribution in [0.5, 0.6) is 0 Å². The van der Waals surface area contributed by atoms with Gasteiger partial charge in [0.25, 0.3) is 0 Å². The number of carbonyl (C=O) groups is 1. The largest absolute Gasteiger partial charge is 0.444 e. The van der Waals surface area contributed by atoms with E-state index in [9.17, 15) is 4.79 Å². The van der Waals surface area contributed by atoms with Crippen molar-refractivity contribution >= 4 is 22.0 Å². The zero-order chi connectivity index (χ0) is 16.0. The number of ether oxygens (including phenoxy) is 1.